The van der Waals surface area contributed by atoms with Crippen LogP contribution in [0, 0.1) is 0 Å². The van der Waals surface area contributed by atoms with Crippen LogP contribution < -0.4 is 5.32 Å². The monoisotopic (exact) mass is 294 g/mol. The van der Waals surface area contributed by atoms with Crippen LogP contribution in [0.15, 0.2) is 0 Å². The van der Waals surface area contributed by atoms with Gasteiger partial charge in [0.25, 0.3) is 0 Å². The summed E-state index contributed by atoms with van der Waals surface area (Å²) in [6, 6.07) is -1.13. The fraction of sp³-hybridized carbons (Fsp3) is 0.818. The number of carboxylic acids is 1. The summed E-state index contributed by atoms with van der Waals surface area (Å²) in [5.41, 5.74) is 0. The highest BCUT2D eigenvalue weighted by Gasteiger charge is 2.20. The molecule has 0 spiro atoms. The number of amides is 2. The Morgan fingerprint density at radius 3 is 2.16 bits per heavy atom. The molecule has 0 fully saturated rings. The van der Waals surface area contributed by atoms with Gasteiger partial charge in [0.2, 0.25) is 0 Å². The van der Waals surface area contributed by atoms with Crippen molar-refractivity contribution in [2.75, 3.05) is 18.6 Å². The molecule has 112 valence electrons. The maximum Gasteiger partial charge on any atom is 0.317 e. The normalized spacial score (nSPS) is 13.1. The van der Waals surface area contributed by atoms with Gasteiger partial charge in [-0.05, 0) is 20.8 Å². The summed E-state index contributed by atoms with van der Waals surface area (Å²) in [5.74, 6) is -1.13. The summed E-state index contributed by atoms with van der Waals surface area (Å²) in [6.45, 7) is 5.21. The molecule has 0 aromatic rings. The number of hydrogen-bond donors (Lipinski definition) is 2. The average Bonchev–Trinajstić information content (AvgIpc) is 2.12. The zero-order valence-corrected chi connectivity index (χ0v) is 12.5. The van der Waals surface area contributed by atoms with E-state index < -0.39 is 27.9 Å². The van der Waals surface area contributed by atoms with Crippen molar-refractivity contribution in [2.45, 2.75) is 39.3 Å². The Hall–Kier alpha value is -1.31. The Balaban J connectivity index is 4.52. The molecule has 1 unspecified atom stereocenters. The van der Waals surface area contributed by atoms with Gasteiger partial charge in [0.05, 0.1) is 12.2 Å². The number of carbonyl (C=O) groups is 2. The van der Waals surface area contributed by atoms with Gasteiger partial charge in [-0.1, -0.05) is 0 Å². The molecule has 7 nitrogen and oxygen atoms in total. The van der Waals surface area contributed by atoms with Gasteiger partial charge in [-0.2, -0.15) is 0 Å². The van der Waals surface area contributed by atoms with Gasteiger partial charge < -0.3 is 15.3 Å². The quantitative estimate of drug-likeness (QED) is 0.703. The van der Waals surface area contributed by atoms with Crippen molar-refractivity contribution < 1.29 is 23.1 Å². The van der Waals surface area contributed by atoms with Crippen molar-refractivity contribution in [1.82, 2.24) is 10.2 Å². The zero-order valence-electron chi connectivity index (χ0n) is 11.7. The first-order valence-corrected chi connectivity index (χ1v) is 8.05. The van der Waals surface area contributed by atoms with Crippen LogP contribution >= 0.6 is 0 Å². The summed E-state index contributed by atoms with van der Waals surface area (Å²) < 4.78 is 22.2. The van der Waals surface area contributed by atoms with E-state index in [2.05, 4.69) is 5.32 Å². The minimum atomic E-state index is -3.17. The van der Waals surface area contributed by atoms with Gasteiger partial charge in [-0.15, -0.1) is 0 Å². The molecule has 0 radical (unpaired) electrons. The van der Waals surface area contributed by atoms with E-state index in [-0.39, 0.29) is 24.8 Å². The van der Waals surface area contributed by atoms with Crippen LogP contribution in [0.25, 0.3) is 0 Å². The second kappa shape index (κ2) is 7.32. The van der Waals surface area contributed by atoms with Crippen LogP contribution in [-0.4, -0.2) is 61.1 Å². The molecule has 0 aromatic heterocycles. The molecular weight excluding hydrogens is 272 g/mol. The molecule has 0 aliphatic rings. The molecule has 0 aliphatic heterocycles. The average molecular weight is 294 g/mol. The van der Waals surface area contributed by atoms with E-state index in [1.807, 2.05) is 0 Å². The summed E-state index contributed by atoms with van der Waals surface area (Å²) in [4.78, 5) is 23.8. The Bertz CT molecular complexity index is 419. The highest BCUT2D eigenvalue weighted by Crippen LogP contribution is 2.02. The number of nitrogens with one attached hydrogen (secondary N) is 1. The second-order valence-corrected chi connectivity index (χ2v) is 7.06. The summed E-state index contributed by atoms with van der Waals surface area (Å²) in [6.07, 6.45) is 0.951. The number of carbonyl (C=O) groups excluding carboxylic acids is 1. The molecule has 0 rings (SSSR count). The first-order chi connectivity index (χ1) is 8.53. The van der Waals surface area contributed by atoms with Gasteiger partial charge in [-0.3, -0.25) is 4.79 Å². The number of rotatable bonds is 7. The van der Waals surface area contributed by atoms with Crippen molar-refractivity contribution in [3.63, 3.8) is 0 Å². The third-order valence-electron chi connectivity index (χ3n) is 2.37. The Morgan fingerprint density at radius 1 is 1.26 bits per heavy atom. The molecule has 8 heteroatoms. The van der Waals surface area contributed by atoms with Crippen molar-refractivity contribution >= 4 is 21.8 Å². The smallest absolute Gasteiger partial charge is 0.317 e. The SMILES string of the molecule is CC(CS(C)(=O)=O)NC(=O)N(CCC(=O)O)C(C)C. The molecule has 0 saturated carbocycles. The second-order valence-electron chi connectivity index (χ2n) is 4.87. The molecular formula is C11H22N2O5S. The fourth-order valence-electron chi connectivity index (χ4n) is 1.60. The molecule has 2 N–H and O–H groups in total. The van der Waals surface area contributed by atoms with Gasteiger partial charge in [0, 0.05) is 24.9 Å². The molecule has 1 atom stereocenters. The van der Waals surface area contributed by atoms with Crippen LogP contribution in [0.3, 0.4) is 0 Å². The topological polar surface area (TPSA) is 104 Å². The molecule has 0 aromatic carbocycles. The predicted molar refractivity (Wildman–Crippen MR) is 71.8 cm³/mol. The Morgan fingerprint density at radius 2 is 1.79 bits per heavy atom. The molecule has 0 heterocycles. The van der Waals surface area contributed by atoms with Crippen molar-refractivity contribution in [2.24, 2.45) is 0 Å². The van der Waals surface area contributed by atoms with Crippen LogP contribution in [0.1, 0.15) is 27.2 Å². The van der Waals surface area contributed by atoms with Gasteiger partial charge in [-0.25, -0.2) is 13.2 Å². The lowest BCUT2D eigenvalue weighted by atomic mass is 10.3. The number of urea groups is 1. The van der Waals surface area contributed by atoms with E-state index in [0.717, 1.165) is 6.26 Å². The van der Waals surface area contributed by atoms with Gasteiger partial charge in [0.1, 0.15) is 9.84 Å². The first kappa shape index (κ1) is 17.7. The molecule has 0 aliphatic carbocycles. The summed E-state index contributed by atoms with van der Waals surface area (Å²) in [5, 5.41) is 11.2. The Labute approximate surface area is 113 Å². The summed E-state index contributed by atoms with van der Waals surface area (Å²) in [7, 11) is -3.17. The highest BCUT2D eigenvalue weighted by atomic mass is 32.2. The van der Waals surface area contributed by atoms with E-state index in [0.29, 0.717) is 0 Å². The number of nitrogens with zero attached hydrogens (tertiary/aromatic N) is 1. The Kier molecular flexibility index (Phi) is 6.82. The van der Waals surface area contributed by atoms with E-state index >= 15 is 0 Å². The highest BCUT2D eigenvalue weighted by molar-refractivity contribution is 7.90. The number of sulfone groups is 1. The van der Waals surface area contributed by atoms with E-state index in [4.69, 9.17) is 5.11 Å². The van der Waals surface area contributed by atoms with Crippen molar-refractivity contribution in [3.8, 4) is 0 Å². The lowest BCUT2D eigenvalue weighted by molar-refractivity contribution is -0.137. The predicted octanol–water partition coefficient (Wildman–Crippen LogP) is 0.314. The molecule has 0 bridgehead atoms. The lowest BCUT2D eigenvalue weighted by Crippen LogP contribution is -2.49. The third kappa shape index (κ3) is 8.41. The largest absolute Gasteiger partial charge is 0.481 e. The molecule has 0 saturated heterocycles. The zero-order chi connectivity index (χ0) is 15.2. The minimum Gasteiger partial charge on any atom is -0.481 e. The van der Waals surface area contributed by atoms with Gasteiger partial charge in [0.15, 0.2) is 0 Å². The van der Waals surface area contributed by atoms with Crippen LogP contribution in [0.4, 0.5) is 4.79 Å². The van der Waals surface area contributed by atoms with E-state index in [1.165, 1.54) is 4.90 Å². The number of aliphatic carboxylic acids is 1. The maximum atomic E-state index is 11.9. The van der Waals surface area contributed by atoms with E-state index in [1.54, 1.807) is 20.8 Å². The van der Waals surface area contributed by atoms with Gasteiger partial charge >= 0.3 is 12.0 Å². The van der Waals surface area contributed by atoms with E-state index in [9.17, 15) is 18.0 Å². The van der Waals surface area contributed by atoms with Crippen molar-refractivity contribution in [1.29, 1.82) is 0 Å². The first-order valence-electron chi connectivity index (χ1n) is 5.99. The van der Waals surface area contributed by atoms with Crippen molar-refractivity contribution in [3.05, 3.63) is 0 Å². The number of carboxylic acid groups (broad SMARTS) is 1. The van der Waals surface area contributed by atoms with Crippen LogP contribution in [-0.2, 0) is 14.6 Å². The van der Waals surface area contributed by atoms with Crippen LogP contribution in [0.5, 0.6) is 0 Å². The fourth-order valence-corrected chi connectivity index (χ4v) is 2.59. The molecule has 2 amide bonds. The standard InChI is InChI=1S/C11H22N2O5S/c1-8(2)13(6-5-10(14)15)11(16)12-9(3)7-19(4,17)18/h8-9H,5-7H2,1-4H3,(H,12,16)(H,14,15). The van der Waals surface area contributed by atoms with Crippen LogP contribution in [0.2, 0.25) is 0 Å². The summed E-state index contributed by atoms with van der Waals surface area (Å²) >= 11 is 0. The minimum absolute atomic E-state index is 0.0877. The lowest BCUT2D eigenvalue weighted by Gasteiger charge is -2.28. The maximum absolute atomic E-state index is 11.9. The molecule has 19 heavy (non-hydrogen) atoms. The third-order valence-corrected chi connectivity index (χ3v) is 3.48. The number of hydrogen-bond acceptors (Lipinski definition) is 4.